The van der Waals surface area contributed by atoms with Crippen LogP contribution in [0.15, 0.2) is 6.20 Å². The molecular weight excluding hydrogens is 242 g/mol. The molecule has 0 saturated heterocycles. The number of ether oxygens (including phenoxy) is 1. The van der Waals surface area contributed by atoms with Crippen LogP contribution in [0.4, 0.5) is 0 Å². The minimum atomic E-state index is -3.14. The molecule has 0 aliphatic rings. The van der Waals surface area contributed by atoms with Gasteiger partial charge in [0, 0.05) is 12.3 Å². The minimum Gasteiger partial charge on any atom is -0.493 e. The zero-order valence-corrected chi connectivity index (χ0v) is 11.4. The number of sulfone groups is 1. The number of nitrogens with zero attached hydrogens (tertiary/aromatic N) is 2. The van der Waals surface area contributed by atoms with E-state index in [2.05, 4.69) is 5.10 Å². The van der Waals surface area contributed by atoms with Gasteiger partial charge in [0.1, 0.15) is 9.84 Å². The molecule has 1 heterocycles. The molecule has 0 bridgehead atoms. The van der Waals surface area contributed by atoms with Gasteiger partial charge in [-0.1, -0.05) is 0 Å². The third kappa shape index (κ3) is 3.44. The molecule has 1 atom stereocenters. The average molecular weight is 261 g/mol. The standard InChI is InChI=1S/C10H19N3O3S/c1-7(2)13-10(9(16-3)5-12-13)8(11)6-17(4,14)15/h5,7-8H,6,11H2,1-4H3. The molecule has 1 unspecified atom stereocenters. The van der Waals surface area contributed by atoms with Crippen LogP contribution in [0.25, 0.3) is 0 Å². The molecule has 1 aromatic rings. The van der Waals surface area contributed by atoms with Crippen LogP contribution in [0.1, 0.15) is 31.6 Å². The maximum atomic E-state index is 11.3. The maximum absolute atomic E-state index is 11.3. The maximum Gasteiger partial charge on any atom is 0.161 e. The third-order valence-electron chi connectivity index (χ3n) is 2.34. The fourth-order valence-electron chi connectivity index (χ4n) is 1.68. The molecule has 0 radical (unpaired) electrons. The lowest BCUT2D eigenvalue weighted by atomic mass is 10.2. The van der Waals surface area contributed by atoms with Crippen LogP contribution in [0, 0.1) is 0 Å². The van der Waals surface area contributed by atoms with E-state index >= 15 is 0 Å². The summed E-state index contributed by atoms with van der Waals surface area (Å²) in [7, 11) is -1.63. The van der Waals surface area contributed by atoms with E-state index in [1.165, 1.54) is 7.11 Å². The third-order valence-corrected chi connectivity index (χ3v) is 3.31. The van der Waals surface area contributed by atoms with Crippen molar-refractivity contribution >= 4 is 9.84 Å². The Bertz CT molecular complexity index is 479. The largest absolute Gasteiger partial charge is 0.493 e. The number of aromatic nitrogens is 2. The molecule has 2 N–H and O–H groups in total. The second-order valence-electron chi connectivity index (χ2n) is 4.34. The van der Waals surface area contributed by atoms with Crippen LogP contribution in [0.5, 0.6) is 5.75 Å². The average Bonchev–Trinajstić information content (AvgIpc) is 2.57. The van der Waals surface area contributed by atoms with Gasteiger partial charge in [-0.05, 0) is 13.8 Å². The van der Waals surface area contributed by atoms with Crippen molar-refractivity contribution in [2.24, 2.45) is 5.73 Å². The van der Waals surface area contributed by atoms with Crippen LogP contribution in [-0.2, 0) is 9.84 Å². The van der Waals surface area contributed by atoms with E-state index in [0.717, 1.165) is 6.26 Å². The molecule has 1 rings (SSSR count). The molecule has 0 aliphatic carbocycles. The predicted octanol–water partition coefficient (Wildman–Crippen LogP) is 0.517. The lowest BCUT2D eigenvalue weighted by Crippen LogP contribution is -2.25. The monoisotopic (exact) mass is 261 g/mol. The van der Waals surface area contributed by atoms with Crippen molar-refractivity contribution < 1.29 is 13.2 Å². The summed E-state index contributed by atoms with van der Waals surface area (Å²) >= 11 is 0. The summed E-state index contributed by atoms with van der Waals surface area (Å²) in [5.41, 5.74) is 6.54. The first-order chi connectivity index (χ1) is 7.76. The smallest absolute Gasteiger partial charge is 0.161 e. The van der Waals surface area contributed by atoms with Crippen LogP contribution in [0.3, 0.4) is 0 Å². The molecule has 0 aliphatic heterocycles. The SMILES string of the molecule is COc1cnn(C(C)C)c1C(N)CS(C)(=O)=O. The minimum absolute atomic E-state index is 0.0968. The van der Waals surface area contributed by atoms with Gasteiger partial charge in [-0.25, -0.2) is 8.42 Å². The van der Waals surface area contributed by atoms with Gasteiger partial charge in [-0.3, -0.25) is 4.68 Å². The molecular formula is C10H19N3O3S. The summed E-state index contributed by atoms with van der Waals surface area (Å²) in [5.74, 6) is 0.400. The van der Waals surface area contributed by atoms with Crippen LogP contribution in [0.2, 0.25) is 0 Å². The predicted molar refractivity (Wildman–Crippen MR) is 65.8 cm³/mol. The molecule has 0 amide bonds. The number of hydrogen-bond acceptors (Lipinski definition) is 5. The first-order valence-electron chi connectivity index (χ1n) is 5.31. The Hall–Kier alpha value is -1.08. The molecule has 6 nitrogen and oxygen atoms in total. The number of methoxy groups -OCH3 is 1. The molecule has 0 aromatic carbocycles. The Morgan fingerprint density at radius 1 is 1.53 bits per heavy atom. The first kappa shape index (κ1) is 14.0. The van der Waals surface area contributed by atoms with Gasteiger partial charge in [-0.2, -0.15) is 5.10 Å². The summed E-state index contributed by atoms with van der Waals surface area (Å²) < 4.78 is 29.4. The van der Waals surface area contributed by atoms with E-state index in [1.54, 1.807) is 10.9 Å². The normalized spacial score (nSPS) is 14.0. The zero-order chi connectivity index (χ0) is 13.2. The fourth-order valence-corrected chi connectivity index (χ4v) is 2.49. The highest BCUT2D eigenvalue weighted by Gasteiger charge is 2.23. The van der Waals surface area contributed by atoms with Crippen molar-refractivity contribution in [2.45, 2.75) is 25.9 Å². The van der Waals surface area contributed by atoms with Gasteiger partial charge in [-0.15, -0.1) is 0 Å². The van der Waals surface area contributed by atoms with Gasteiger partial charge in [0.2, 0.25) is 0 Å². The van der Waals surface area contributed by atoms with Gasteiger partial charge in [0.15, 0.2) is 5.75 Å². The highest BCUT2D eigenvalue weighted by Crippen LogP contribution is 2.26. The summed E-state index contributed by atoms with van der Waals surface area (Å²) in [5, 5.41) is 4.15. The molecule has 98 valence electrons. The number of hydrogen-bond donors (Lipinski definition) is 1. The lowest BCUT2D eigenvalue weighted by molar-refractivity contribution is 0.399. The van der Waals surface area contributed by atoms with E-state index < -0.39 is 15.9 Å². The fraction of sp³-hybridized carbons (Fsp3) is 0.700. The summed E-state index contributed by atoms with van der Waals surface area (Å²) in [6.45, 7) is 3.90. The van der Waals surface area contributed by atoms with Gasteiger partial charge in [0.25, 0.3) is 0 Å². The Morgan fingerprint density at radius 3 is 2.53 bits per heavy atom. The van der Waals surface area contributed by atoms with Gasteiger partial charge < -0.3 is 10.5 Å². The Balaban J connectivity index is 3.13. The molecule has 0 spiro atoms. The summed E-state index contributed by atoms with van der Waals surface area (Å²) in [6, 6.07) is -0.538. The quantitative estimate of drug-likeness (QED) is 0.834. The van der Waals surface area contributed by atoms with Crippen molar-refractivity contribution in [3.05, 3.63) is 11.9 Å². The zero-order valence-electron chi connectivity index (χ0n) is 10.5. The lowest BCUT2D eigenvalue weighted by Gasteiger charge is -2.17. The molecule has 1 aromatic heterocycles. The van der Waals surface area contributed by atoms with E-state index in [0.29, 0.717) is 11.4 Å². The van der Waals surface area contributed by atoms with E-state index in [1.807, 2.05) is 13.8 Å². The second kappa shape index (κ2) is 5.05. The number of nitrogens with two attached hydrogens (primary N) is 1. The van der Waals surface area contributed by atoms with Crippen LogP contribution >= 0.6 is 0 Å². The Morgan fingerprint density at radius 2 is 2.12 bits per heavy atom. The second-order valence-corrected chi connectivity index (χ2v) is 6.52. The van der Waals surface area contributed by atoms with Crippen molar-refractivity contribution in [1.82, 2.24) is 9.78 Å². The van der Waals surface area contributed by atoms with E-state index in [-0.39, 0.29) is 11.8 Å². The van der Waals surface area contributed by atoms with Crippen LogP contribution in [-0.4, -0.2) is 37.3 Å². The Kier molecular flexibility index (Phi) is 4.16. The molecule has 7 heteroatoms. The van der Waals surface area contributed by atoms with Crippen LogP contribution < -0.4 is 10.5 Å². The van der Waals surface area contributed by atoms with Crippen molar-refractivity contribution in [1.29, 1.82) is 0 Å². The highest BCUT2D eigenvalue weighted by molar-refractivity contribution is 7.90. The number of rotatable bonds is 5. The molecule has 0 fully saturated rings. The van der Waals surface area contributed by atoms with Gasteiger partial charge >= 0.3 is 0 Å². The van der Waals surface area contributed by atoms with Gasteiger partial charge in [0.05, 0.1) is 30.8 Å². The summed E-state index contributed by atoms with van der Waals surface area (Å²) in [6.07, 6.45) is 2.72. The van der Waals surface area contributed by atoms with E-state index in [4.69, 9.17) is 10.5 Å². The first-order valence-corrected chi connectivity index (χ1v) is 7.37. The Labute approximate surface area is 102 Å². The summed E-state index contributed by atoms with van der Waals surface area (Å²) in [4.78, 5) is 0. The molecule has 17 heavy (non-hydrogen) atoms. The highest BCUT2D eigenvalue weighted by atomic mass is 32.2. The van der Waals surface area contributed by atoms with E-state index in [9.17, 15) is 8.42 Å². The van der Waals surface area contributed by atoms with Crippen molar-refractivity contribution in [3.8, 4) is 5.75 Å². The molecule has 0 saturated carbocycles. The topological polar surface area (TPSA) is 87.2 Å². The van der Waals surface area contributed by atoms with Crippen molar-refractivity contribution in [2.75, 3.05) is 19.1 Å². The van der Waals surface area contributed by atoms with Crippen molar-refractivity contribution in [3.63, 3.8) is 0 Å².